The van der Waals surface area contributed by atoms with Gasteiger partial charge in [-0.2, -0.15) is 0 Å². The Kier molecular flexibility index (Phi) is 6.39. The molecule has 0 saturated heterocycles. The van der Waals surface area contributed by atoms with Crippen molar-refractivity contribution < 1.29 is 9.90 Å². The normalized spacial score (nSPS) is 13.4. The predicted octanol–water partition coefficient (Wildman–Crippen LogP) is 3.73. The van der Waals surface area contributed by atoms with Gasteiger partial charge in [0.25, 0.3) is 0 Å². The number of carbonyl (C=O) groups is 1. The molecule has 0 radical (unpaired) electrons. The van der Waals surface area contributed by atoms with Crippen molar-refractivity contribution in [2.45, 2.75) is 25.4 Å². The number of aromatic nitrogens is 1. The van der Waals surface area contributed by atoms with Crippen molar-refractivity contribution in [3.63, 3.8) is 0 Å². The standard InChI is InChI=1S/C17H18Cl2N2O2/c1-11(12-4-6-20-7-5-12)8-17(23)21-10-16(22)14-3-2-13(18)9-15(14)19/h2-7,9,11,16,22H,8,10H2,1H3,(H,21,23). The minimum atomic E-state index is -0.875. The molecule has 2 rings (SSSR count). The van der Waals surface area contributed by atoms with Gasteiger partial charge >= 0.3 is 0 Å². The van der Waals surface area contributed by atoms with Crippen LogP contribution in [0.3, 0.4) is 0 Å². The van der Waals surface area contributed by atoms with Crippen molar-refractivity contribution in [3.8, 4) is 0 Å². The summed E-state index contributed by atoms with van der Waals surface area (Å²) in [6, 6.07) is 8.65. The second kappa shape index (κ2) is 8.29. The summed E-state index contributed by atoms with van der Waals surface area (Å²) in [6.45, 7) is 2.07. The van der Waals surface area contributed by atoms with Crippen molar-refractivity contribution in [1.82, 2.24) is 10.3 Å². The third kappa shape index (κ3) is 5.20. The van der Waals surface area contributed by atoms with Gasteiger partial charge in [0.1, 0.15) is 0 Å². The van der Waals surface area contributed by atoms with Crippen molar-refractivity contribution in [2.24, 2.45) is 0 Å². The van der Waals surface area contributed by atoms with Crippen LogP contribution in [0.25, 0.3) is 0 Å². The lowest BCUT2D eigenvalue weighted by atomic mass is 9.98. The fourth-order valence-corrected chi connectivity index (χ4v) is 2.79. The summed E-state index contributed by atoms with van der Waals surface area (Å²) in [5.74, 6) is -0.0484. The molecule has 1 aromatic carbocycles. The van der Waals surface area contributed by atoms with E-state index in [0.29, 0.717) is 22.0 Å². The molecule has 2 aromatic rings. The molecule has 2 N–H and O–H groups in total. The lowest BCUT2D eigenvalue weighted by molar-refractivity contribution is -0.121. The fourth-order valence-electron chi connectivity index (χ4n) is 2.25. The topological polar surface area (TPSA) is 62.2 Å². The molecule has 2 atom stereocenters. The van der Waals surface area contributed by atoms with Crippen LogP contribution in [0.1, 0.15) is 36.5 Å². The van der Waals surface area contributed by atoms with Crippen LogP contribution in [-0.2, 0) is 4.79 Å². The van der Waals surface area contributed by atoms with E-state index in [1.807, 2.05) is 19.1 Å². The Balaban J connectivity index is 1.86. The van der Waals surface area contributed by atoms with Crippen LogP contribution in [-0.4, -0.2) is 22.5 Å². The SMILES string of the molecule is CC(CC(=O)NCC(O)c1ccc(Cl)cc1Cl)c1ccncc1. The van der Waals surface area contributed by atoms with Gasteiger partial charge in [-0.3, -0.25) is 9.78 Å². The second-order valence-corrected chi connectivity index (χ2v) is 6.22. The maximum absolute atomic E-state index is 12.0. The van der Waals surface area contributed by atoms with Crippen molar-refractivity contribution in [3.05, 3.63) is 63.9 Å². The van der Waals surface area contributed by atoms with E-state index >= 15 is 0 Å². The maximum atomic E-state index is 12.0. The molecular formula is C17H18Cl2N2O2. The monoisotopic (exact) mass is 352 g/mol. The number of nitrogens with one attached hydrogen (secondary N) is 1. The van der Waals surface area contributed by atoms with Crippen LogP contribution >= 0.6 is 23.2 Å². The molecule has 4 nitrogen and oxygen atoms in total. The number of carbonyl (C=O) groups excluding carboxylic acids is 1. The number of pyridine rings is 1. The molecule has 0 spiro atoms. The quantitative estimate of drug-likeness (QED) is 0.832. The van der Waals surface area contributed by atoms with Gasteiger partial charge in [0.05, 0.1) is 6.10 Å². The molecular weight excluding hydrogens is 335 g/mol. The molecule has 122 valence electrons. The highest BCUT2D eigenvalue weighted by atomic mass is 35.5. The summed E-state index contributed by atoms with van der Waals surface area (Å²) in [7, 11) is 0. The molecule has 1 amide bonds. The predicted molar refractivity (Wildman–Crippen MR) is 91.7 cm³/mol. The zero-order chi connectivity index (χ0) is 16.8. The van der Waals surface area contributed by atoms with Crippen molar-refractivity contribution in [2.75, 3.05) is 6.54 Å². The van der Waals surface area contributed by atoms with Crippen LogP contribution in [0.2, 0.25) is 10.0 Å². The molecule has 2 unspecified atom stereocenters. The van der Waals surface area contributed by atoms with Gasteiger partial charge in [-0.05, 0) is 35.7 Å². The zero-order valence-electron chi connectivity index (χ0n) is 12.7. The third-order valence-corrected chi connectivity index (χ3v) is 4.14. The first-order valence-corrected chi connectivity index (χ1v) is 8.02. The highest BCUT2D eigenvalue weighted by Crippen LogP contribution is 2.26. The first kappa shape index (κ1) is 17.7. The van der Waals surface area contributed by atoms with E-state index in [9.17, 15) is 9.90 Å². The molecule has 1 heterocycles. The highest BCUT2D eigenvalue weighted by molar-refractivity contribution is 6.35. The van der Waals surface area contributed by atoms with E-state index in [0.717, 1.165) is 5.56 Å². The Morgan fingerprint density at radius 2 is 1.96 bits per heavy atom. The summed E-state index contributed by atoms with van der Waals surface area (Å²) < 4.78 is 0. The summed E-state index contributed by atoms with van der Waals surface area (Å²) >= 11 is 11.9. The second-order valence-electron chi connectivity index (χ2n) is 5.37. The molecule has 1 aromatic heterocycles. The van der Waals surface area contributed by atoms with E-state index in [4.69, 9.17) is 23.2 Å². The van der Waals surface area contributed by atoms with E-state index in [-0.39, 0.29) is 18.4 Å². The van der Waals surface area contributed by atoms with Gasteiger partial charge < -0.3 is 10.4 Å². The van der Waals surface area contributed by atoms with E-state index in [1.54, 1.807) is 30.6 Å². The number of halogens is 2. The van der Waals surface area contributed by atoms with Crippen LogP contribution in [0.4, 0.5) is 0 Å². The lowest BCUT2D eigenvalue weighted by Crippen LogP contribution is -2.29. The fraction of sp³-hybridized carbons (Fsp3) is 0.294. The van der Waals surface area contributed by atoms with Crippen molar-refractivity contribution >= 4 is 29.1 Å². The Bertz CT molecular complexity index is 665. The smallest absolute Gasteiger partial charge is 0.220 e. The van der Waals surface area contributed by atoms with Crippen LogP contribution < -0.4 is 5.32 Å². The van der Waals surface area contributed by atoms with Crippen LogP contribution in [0.5, 0.6) is 0 Å². The summed E-state index contributed by atoms with van der Waals surface area (Å²) in [4.78, 5) is 16.0. The van der Waals surface area contributed by atoms with E-state index in [2.05, 4.69) is 10.3 Å². The first-order valence-electron chi connectivity index (χ1n) is 7.27. The third-order valence-electron chi connectivity index (χ3n) is 3.58. The number of aliphatic hydroxyl groups is 1. The number of benzene rings is 1. The van der Waals surface area contributed by atoms with Crippen molar-refractivity contribution in [1.29, 1.82) is 0 Å². The average Bonchev–Trinajstić information content (AvgIpc) is 2.53. The summed E-state index contributed by atoms with van der Waals surface area (Å²) in [5, 5.41) is 13.7. The number of amides is 1. The van der Waals surface area contributed by atoms with Gasteiger partial charge in [0.15, 0.2) is 0 Å². The number of aliphatic hydroxyl groups excluding tert-OH is 1. The Labute approximate surface area is 145 Å². The molecule has 0 saturated carbocycles. The Hall–Kier alpha value is -1.62. The first-order chi connectivity index (χ1) is 11.0. The molecule has 0 aliphatic heterocycles. The molecule has 0 bridgehead atoms. The molecule has 0 aliphatic carbocycles. The van der Waals surface area contributed by atoms with E-state index in [1.165, 1.54) is 0 Å². The van der Waals surface area contributed by atoms with Gasteiger partial charge in [-0.1, -0.05) is 36.2 Å². The molecule has 0 aliphatic rings. The molecule has 6 heteroatoms. The van der Waals surface area contributed by atoms with Gasteiger partial charge in [0.2, 0.25) is 5.91 Å². The van der Waals surface area contributed by atoms with Gasteiger partial charge in [-0.15, -0.1) is 0 Å². The van der Waals surface area contributed by atoms with Gasteiger partial charge in [-0.25, -0.2) is 0 Å². The summed E-state index contributed by atoms with van der Waals surface area (Å²) in [6.07, 6.45) is 2.87. The zero-order valence-corrected chi connectivity index (χ0v) is 14.2. The van der Waals surface area contributed by atoms with E-state index < -0.39 is 6.10 Å². The number of nitrogens with zero attached hydrogens (tertiary/aromatic N) is 1. The Morgan fingerprint density at radius 1 is 1.26 bits per heavy atom. The molecule has 23 heavy (non-hydrogen) atoms. The van der Waals surface area contributed by atoms with Crippen LogP contribution in [0.15, 0.2) is 42.7 Å². The number of rotatable bonds is 6. The molecule has 0 fully saturated rings. The number of hydrogen-bond acceptors (Lipinski definition) is 3. The minimum absolute atomic E-state index is 0.0780. The van der Waals surface area contributed by atoms with Gasteiger partial charge in [0, 0.05) is 41.0 Å². The highest BCUT2D eigenvalue weighted by Gasteiger charge is 2.15. The maximum Gasteiger partial charge on any atom is 0.220 e. The van der Waals surface area contributed by atoms with Crippen LogP contribution in [0, 0.1) is 0 Å². The summed E-state index contributed by atoms with van der Waals surface area (Å²) in [5.41, 5.74) is 1.59. The Morgan fingerprint density at radius 3 is 2.61 bits per heavy atom. The number of hydrogen-bond donors (Lipinski definition) is 2. The lowest BCUT2D eigenvalue weighted by Gasteiger charge is -2.16. The average molecular weight is 353 g/mol. The largest absolute Gasteiger partial charge is 0.387 e. The minimum Gasteiger partial charge on any atom is -0.387 e.